The molecule has 0 aliphatic carbocycles. The van der Waals surface area contributed by atoms with Gasteiger partial charge in [0.05, 0.1) is 11.0 Å². The lowest BCUT2D eigenvalue weighted by atomic mass is 10.0. The van der Waals surface area contributed by atoms with Crippen LogP contribution >= 0.6 is 0 Å². The first-order valence-electron chi connectivity index (χ1n) is 5.81. The maximum Gasteiger partial charge on any atom is 0.285 e. The van der Waals surface area contributed by atoms with Crippen LogP contribution < -0.4 is 11.1 Å². The molecule has 1 atom stereocenters. The Morgan fingerprint density at radius 1 is 1.53 bits per heavy atom. The van der Waals surface area contributed by atoms with Crippen LogP contribution in [-0.2, 0) is 0 Å². The van der Waals surface area contributed by atoms with E-state index < -0.39 is 22.3 Å². The van der Waals surface area contributed by atoms with Crippen molar-refractivity contribution >= 4 is 11.6 Å². The molecule has 0 spiro atoms. The van der Waals surface area contributed by atoms with Gasteiger partial charge in [0, 0.05) is 12.6 Å². The van der Waals surface area contributed by atoms with Gasteiger partial charge in [0.25, 0.3) is 11.6 Å². The molecule has 3 N–H and O–H groups in total. The van der Waals surface area contributed by atoms with Crippen molar-refractivity contribution < 1.29 is 14.1 Å². The van der Waals surface area contributed by atoms with Crippen molar-refractivity contribution in [2.45, 2.75) is 19.9 Å². The molecule has 0 heterocycles. The molecule has 0 saturated heterocycles. The van der Waals surface area contributed by atoms with Gasteiger partial charge in [-0.3, -0.25) is 14.9 Å². The number of hydrogen-bond acceptors (Lipinski definition) is 4. The first-order valence-corrected chi connectivity index (χ1v) is 5.81. The number of hydrogen-bond donors (Lipinski definition) is 2. The Hall–Kier alpha value is -2.02. The first kappa shape index (κ1) is 15.0. The van der Waals surface area contributed by atoms with Gasteiger partial charge in [0.15, 0.2) is 0 Å². The van der Waals surface area contributed by atoms with Crippen molar-refractivity contribution in [3.63, 3.8) is 0 Å². The highest BCUT2D eigenvalue weighted by Gasteiger charge is 2.23. The number of carbonyl (C=O) groups excluding carboxylic acids is 1. The second-order valence-electron chi connectivity index (χ2n) is 4.48. The van der Waals surface area contributed by atoms with Crippen LogP contribution in [-0.4, -0.2) is 23.4 Å². The van der Waals surface area contributed by atoms with Crippen molar-refractivity contribution in [3.8, 4) is 0 Å². The molecule has 6 nitrogen and oxygen atoms in total. The number of nitrogens with zero attached hydrogens (tertiary/aromatic N) is 1. The van der Waals surface area contributed by atoms with Gasteiger partial charge in [0.1, 0.15) is 11.4 Å². The second kappa shape index (κ2) is 6.24. The highest BCUT2D eigenvalue weighted by atomic mass is 19.1. The van der Waals surface area contributed by atoms with E-state index in [9.17, 15) is 19.3 Å². The quantitative estimate of drug-likeness (QED) is 0.624. The fourth-order valence-electron chi connectivity index (χ4n) is 1.59. The van der Waals surface area contributed by atoms with E-state index in [-0.39, 0.29) is 24.1 Å². The molecule has 0 aliphatic heterocycles. The topological polar surface area (TPSA) is 98.3 Å². The number of carbonyl (C=O) groups is 1. The number of amides is 1. The minimum Gasteiger partial charge on any atom is -0.348 e. The van der Waals surface area contributed by atoms with Crippen LogP contribution in [0.4, 0.5) is 10.1 Å². The summed E-state index contributed by atoms with van der Waals surface area (Å²) in [4.78, 5) is 22.0. The van der Waals surface area contributed by atoms with Gasteiger partial charge in [-0.25, -0.2) is 4.39 Å². The third-order valence-electron chi connectivity index (χ3n) is 2.78. The van der Waals surface area contributed by atoms with Crippen LogP contribution in [0.2, 0.25) is 0 Å². The van der Waals surface area contributed by atoms with Crippen LogP contribution in [0.25, 0.3) is 0 Å². The Bertz CT molecular complexity index is 491. The molecular weight excluding hydrogens is 253 g/mol. The van der Waals surface area contributed by atoms with Crippen LogP contribution in [0.15, 0.2) is 18.2 Å². The fourth-order valence-corrected chi connectivity index (χ4v) is 1.59. The summed E-state index contributed by atoms with van der Waals surface area (Å²) in [6, 6.07) is 2.53. The number of halogens is 1. The Kier molecular flexibility index (Phi) is 4.94. The monoisotopic (exact) mass is 269 g/mol. The van der Waals surface area contributed by atoms with E-state index in [1.807, 2.05) is 13.8 Å². The van der Waals surface area contributed by atoms with Gasteiger partial charge in [-0.05, 0) is 18.1 Å². The normalized spacial score (nSPS) is 12.3. The van der Waals surface area contributed by atoms with Gasteiger partial charge in [-0.15, -0.1) is 0 Å². The molecule has 7 heteroatoms. The number of nitrogens with two attached hydrogens (primary N) is 1. The highest BCUT2D eigenvalue weighted by molar-refractivity contribution is 5.98. The van der Waals surface area contributed by atoms with E-state index in [0.29, 0.717) is 0 Å². The third kappa shape index (κ3) is 3.72. The maximum absolute atomic E-state index is 13.0. The summed E-state index contributed by atoms with van der Waals surface area (Å²) in [5.41, 5.74) is 4.78. The molecule has 0 fully saturated rings. The van der Waals surface area contributed by atoms with Gasteiger partial charge >= 0.3 is 0 Å². The number of benzene rings is 1. The van der Waals surface area contributed by atoms with Crippen LogP contribution in [0, 0.1) is 21.8 Å². The van der Waals surface area contributed by atoms with Crippen molar-refractivity contribution in [1.82, 2.24) is 5.32 Å². The fraction of sp³-hybridized carbons (Fsp3) is 0.417. The molecule has 1 aromatic rings. The summed E-state index contributed by atoms with van der Waals surface area (Å²) < 4.78 is 13.0. The van der Waals surface area contributed by atoms with Crippen LogP contribution in [0.1, 0.15) is 24.2 Å². The molecule has 0 bridgehead atoms. The Morgan fingerprint density at radius 2 is 2.16 bits per heavy atom. The van der Waals surface area contributed by atoms with E-state index in [4.69, 9.17) is 5.73 Å². The standard InChI is InChI=1S/C12H16FN3O3/c1-7(2)10(6-14)15-12(17)9-4-3-8(13)5-11(9)16(18)19/h3-5,7,10H,6,14H2,1-2H3,(H,15,17). The zero-order valence-corrected chi connectivity index (χ0v) is 10.7. The number of nitro groups is 1. The van der Waals surface area contributed by atoms with Crippen molar-refractivity contribution in [2.24, 2.45) is 11.7 Å². The molecule has 0 radical (unpaired) electrons. The Labute approximate surface area is 109 Å². The van der Waals surface area contributed by atoms with E-state index in [1.54, 1.807) is 0 Å². The summed E-state index contributed by atoms with van der Waals surface area (Å²) in [6.45, 7) is 3.96. The first-order chi connectivity index (χ1) is 8.86. The highest BCUT2D eigenvalue weighted by Crippen LogP contribution is 2.20. The Balaban J connectivity index is 3.03. The van der Waals surface area contributed by atoms with Gasteiger partial charge < -0.3 is 11.1 Å². The molecule has 1 rings (SSSR count). The predicted molar refractivity (Wildman–Crippen MR) is 68.2 cm³/mol. The third-order valence-corrected chi connectivity index (χ3v) is 2.78. The largest absolute Gasteiger partial charge is 0.348 e. The molecular formula is C12H16FN3O3. The predicted octanol–water partition coefficient (Wildman–Crippen LogP) is 1.45. The van der Waals surface area contributed by atoms with Gasteiger partial charge in [-0.1, -0.05) is 13.8 Å². The summed E-state index contributed by atoms with van der Waals surface area (Å²) in [5.74, 6) is -1.30. The number of rotatable bonds is 5. The molecule has 1 aromatic carbocycles. The summed E-state index contributed by atoms with van der Waals surface area (Å²) in [5, 5.41) is 13.4. The second-order valence-corrected chi connectivity index (χ2v) is 4.48. The van der Waals surface area contributed by atoms with E-state index in [0.717, 1.165) is 18.2 Å². The summed E-state index contributed by atoms with van der Waals surface area (Å²) >= 11 is 0. The Morgan fingerprint density at radius 3 is 2.63 bits per heavy atom. The zero-order valence-electron chi connectivity index (χ0n) is 10.7. The van der Waals surface area contributed by atoms with Crippen molar-refractivity contribution in [3.05, 3.63) is 39.7 Å². The molecule has 0 aromatic heterocycles. The van der Waals surface area contributed by atoms with E-state index in [2.05, 4.69) is 5.32 Å². The van der Waals surface area contributed by atoms with E-state index in [1.165, 1.54) is 0 Å². The minimum atomic E-state index is -0.787. The molecule has 1 amide bonds. The molecule has 104 valence electrons. The lowest BCUT2D eigenvalue weighted by Crippen LogP contribution is -2.43. The number of nitrogens with one attached hydrogen (secondary N) is 1. The van der Waals surface area contributed by atoms with Crippen LogP contribution in [0.3, 0.4) is 0 Å². The minimum absolute atomic E-state index is 0.0912. The van der Waals surface area contributed by atoms with Crippen molar-refractivity contribution in [1.29, 1.82) is 0 Å². The SMILES string of the molecule is CC(C)C(CN)NC(=O)c1ccc(F)cc1[N+](=O)[O-]. The summed E-state index contributed by atoms with van der Waals surface area (Å²) in [6.07, 6.45) is 0. The van der Waals surface area contributed by atoms with Gasteiger partial charge in [-0.2, -0.15) is 0 Å². The van der Waals surface area contributed by atoms with E-state index >= 15 is 0 Å². The molecule has 1 unspecified atom stereocenters. The molecule has 0 aliphatic rings. The van der Waals surface area contributed by atoms with Gasteiger partial charge in [0.2, 0.25) is 0 Å². The lowest BCUT2D eigenvalue weighted by Gasteiger charge is -2.20. The lowest BCUT2D eigenvalue weighted by molar-refractivity contribution is -0.385. The average Bonchev–Trinajstić information content (AvgIpc) is 2.34. The number of nitro benzene ring substituents is 1. The average molecular weight is 269 g/mol. The smallest absolute Gasteiger partial charge is 0.285 e. The maximum atomic E-state index is 13.0. The molecule has 19 heavy (non-hydrogen) atoms. The van der Waals surface area contributed by atoms with Crippen molar-refractivity contribution in [2.75, 3.05) is 6.54 Å². The summed E-state index contributed by atoms with van der Waals surface area (Å²) in [7, 11) is 0. The zero-order chi connectivity index (χ0) is 14.6. The van der Waals surface area contributed by atoms with Crippen LogP contribution in [0.5, 0.6) is 0 Å². The molecule has 0 saturated carbocycles.